The van der Waals surface area contributed by atoms with Crippen molar-refractivity contribution in [2.24, 2.45) is 5.92 Å². The van der Waals surface area contributed by atoms with Crippen LogP contribution in [0.15, 0.2) is 30.9 Å². The fourth-order valence-corrected chi connectivity index (χ4v) is 2.21. The van der Waals surface area contributed by atoms with E-state index >= 15 is 0 Å². The molecule has 1 atom stereocenters. The quantitative estimate of drug-likeness (QED) is 0.235. The standard InChI is InChI=1S/C16H20N2O7/c1-5-10(9-11(15(19)24-3)16(20)25-4)17-14-12(18(21)22)7-6-8-13(14)23-2/h5-8,10-11,17H,1,9H2,2-4H3. The first-order chi connectivity index (χ1) is 11.9. The van der Waals surface area contributed by atoms with Gasteiger partial charge in [0.05, 0.1) is 26.3 Å². The van der Waals surface area contributed by atoms with Crippen molar-refractivity contribution in [3.8, 4) is 5.75 Å². The maximum atomic E-state index is 11.8. The molecule has 1 N–H and O–H groups in total. The molecule has 0 bridgehead atoms. The van der Waals surface area contributed by atoms with Crippen LogP contribution in [0.5, 0.6) is 5.75 Å². The first-order valence-electron chi connectivity index (χ1n) is 7.25. The summed E-state index contributed by atoms with van der Waals surface area (Å²) < 4.78 is 14.3. The minimum absolute atomic E-state index is 0.0575. The van der Waals surface area contributed by atoms with Crippen LogP contribution >= 0.6 is 0 Å². The van der Waals surface area contributed by atoms with Crippen LogP contribution < -0.4 is 10.1 Å². The highest BCUT2D eigenvalue weighted by molar-refractivity contribution is 5.95. The highest BCUT2D eigenvalue weighted by Gasteiger charge is 2.32. The minimum Gasteiger partial charge on any atom is -0.494 e. The SMILES string of the molecule is C=CC(CC(C(=O)OC)C(=O)OC)Nc1c(OC)cccc1[N+](=O)[O-]. The number of esters is 2. The van der Waals surface area contributed by atoms with Crippen molar-refractivity contribution in [1.29, 1.82) is 0 Å². The Balaban J connectivity index is 3.14. The lowest BCUT2D eigenvalue weighted by Crippen LogP contribution is -2.32. The van der Waals surface area contributed by atoms with E-state index in [1.165, 1.54) is 25.3 Å². The third-order valence-corrected chi connectivity index (χ3v) is 3.50. The number of ether oxygens (including phenoxy) is 3. The number of benzene rings is 1. The Labute approximate surface area is 144 Å². The number of nitro benzene ring substituents is 1. The molecule has 0 aliphatic heterocycles. The molecule has 0 radical (unpaired) electrons. The van der Waals surface area contributed by atoms with Gasteiger partial charge in [-0.05, 0) is 12.5 Å². The summed E-state index contributed by atoms with van der Waals surface area (Å²) in [5.41, 5.74) is -0.0905. The average Bonchev–Trinajstić information content (AvgIpc) is 2.63. The second kappa shape index (κ2) is 9.26. The average molecular weight is 352 g/mol. The molecule has 9 heteroatoms. The molecule has 0 aromatic heterocycles. The molecule has 1 aromatic carbocycles. The molecule has 9 nitrogen and oxygen atoms in total. The molecule has 25 heavy (non-hydrogen) atoms. The van der Waals surface area contributed by atoms with Crippen molar-refractivity contribution in [3.63, 3.8) is 0 Å². The Bertz CT molecular complexity index is 644. The lowest BCUT2D eigenvalue weighted by atomic mass is 9.99. The zero-order valence-corrected chi connectivity index (χ0v) is 14.2. The Morgan fingerprint density at radius 2 is 1.88 bits per heavy atom. The third-order valence-electron chi connectivity index (χ3n) is 3.50. The van der Waals surface area contributed by atoms with Crippen LogP contribution in [-0.4, -0.2) is 44.2 Å². The van der Waals surface area contributed by atoms with Gasteiger partial charge >= 0.3 is 11.9 Å². The number of carbonyl (C=O) groups is 2. The molecule has 1 unspecified atom stereocenters. The fourth-order valence-electron chi connectivity index (χ4n) is 2.21. The van der Waals surface area contributed by atoms with Gasteiger partial charge in [0.1, 0.15) is 5.75 Å². The summed E-state index contributed by atoms with van der Waals surface area (Å²) in [5.74, 6) is -2.49. The monoisotopic (exact) mass is 352 g/mol. The number of anilines is 1. The molecular weight excluding hydrogens is 332 g/mol. The van der Waals surface area contributed by atoms with Gasteiger partial charge in [-0.15, -0.1) is 6.58 Å². The van der Waals surface area contributed by atoms with Gasteiger partial charge in [0.15, 0.2) is 11.6 Å². The number of nitrogens with one attached hydrogen (secondary N) is 1. The van der Waals surface area contributed by atoms with E-state index in [1.807, 2.05) is 0 Å². The molecule has 1 aromatic rings. The van der Waals surface area contributed by atoms with Crippen molar-refractivity contribution >= 4 is 23.3 Å². The van der Waals surface area contributed by atoms with E-state index in [4.69, 9.17) is 4.74 Å². The highest BCUT2D eigenvalue weighted by atomic mass is 16.6. The Morgan fingerprint density at radius 1 is 1.28 bits per heavy atom. The molecule has 0 heterocycles. The number of rotatable bonds is 9. The van der Waals surface area contributed by atoms with Gasteiger partial charge in [0, 0.05) is 12.1 Å². The molecule has 0 amide bonds. The second-order valence-electron chi connectivity index (χ2n) is 4.93. The van der Waals surface area contributed by atoms with Gasteiger partial charge in [0.25, 0.3) is 5.69 Å². The van der Waals surface area contributed by atoms with E-state index in [1.54, 1.807) is 6.07 Å². The van der Waals surface area contributed by atoms with E-state index in [-0.39, 0.29) is 23.5 Å². The van der Waals surface area contributed by atoms with Crippen molar-refractivity contribution in [2.75, 3.05) is 26.6 Å². The maximum absolute atomic E-state index is 11.8. The Morgan fingerprint density at radius 3 is 2.32 bits per heavy atom. The normalized spacial score (nSPS) is 11.4. The number of carbonyl (C=O) groups excluding carboxylic acids is 2. The molecule has 0 fully saturated rings. The topological polar surface area (TPSA) is 117 Å². The molecular formula is C16H20N2O7. The van der Waals surface area contributed by atoms with Gasteiger partial charge in [-0.25, -0.2) is 0 Å². The van der Waals surface area contributed by atoms with Crippen molar-refractivity contribution < 1.29 is 28.7 Å². The minimum atomic E-state index is -1.20. The molecule has 0 saturated carbocycles. The van der Waals surface area contributed by atoms with Crippen LogP contribution in [0.2, 0.25) is 0 Å². The van der Waals surface area contributed by atoms with Crippen LogP contribution in [-0.2, 0) is 19.1 Å². The number of para-hydroxylation sites is 1. The van der Waals surface area contributed by atoms with Crippen LogP contribution in [0.4, 0.5) is 11.4 Å². The van der Waals surface area contributed by atoms with Crippen molar-refractivity contribution in [1.82, 2.24) is 0 Å². The van der Waals surface area contributed by atoms with Crippen molar-refractivity contribution in [3.05, 3.63) is 41.0 Å². The van der Waals surface area contributed by atoms with Gasteiger partial charge in [-0.3, -0.25) is 19.7 Å². The Hall–Kier alpha value is -3.10. The summed E-state index contributed by atoms with van der Waals surface area (Å²) in [6.45, 7) is 3.63. The summed E-state index contributed by atoms with van der Waals surface area (Å²) in [6, 6.07) is 3.69. The molecule has 0 aliphatic carbocycles. The van der Waals surface area contributed by atoms with Gasteiger partial charge in [0.2, 0.25) is 0 Å². The number of hydrogen-bond acceptors (Lipinski definition) is 8. The maximum Gasteiger partial charge on any atom is 0.320 e. The van der Waals surface area contributed by atoms with Crippen LogP contribution in [0.1, 0.15) is 6.42 Å². The van der Waals surface area contributed by atoms with E-state index in [0.717, 1.165) is 14.2 Å². The highest BCUT2D eigenvalue weighted by Crippen LogP contribution is 2.35. The molecule has 136 valence electrons. The second-order valence-corrected chi connectivity index (χ2v) is 4.93. The zero-order valence-electron chi connectivity index (χ0n) is 14.2. The zero-order chi connectivity index (χ0) is 19.0. The predicted molar refractivity (Wildman–Crippen MR) is 89.4 cm³/mol. The largest absolute Gasteiger partial charge is 0.494 e. The van der Waals surface area contributed by atoms with Crippen LogP contribution in [0.3, 0.4) is 0 Å². The van der Waals surface area contributed by atoms with Crippen molar-refractivity contribution in [2.45, 2.75) is 12.5 Å². The third kappa shape index (κ3) is 4.93. The number of nitro groups is 1. The summed E-state index contributed by atoms with van der Waals surface area (Å²) in [4.78, 5) is 34.3. The predicted octanol–water partition coefficient (Wildman–Crippen LogP) is 1.92. The summed E-state index contributed by atoms with van der Waals surface area (Å²) >= 11 is 0. The number of hydrogen-bond donors (Lipinski definition) is 1. The molecule has 0 saturated heterocycles. The molecule has 1 rings (SSSR count). The first-order valence-corrected chi connectivity index (χ1v) is 7.25. The van der Waals surface area contributed by atoms with E-state index in [0.29, 0.717) is 0 Å². The van der Waals surface area contributed by atoms with E-state index in [9.17, 15) is 19.7 Å². The van der Waals surface area contributed by atoms with E-state index < -0.39 is 28.8 Å². The van der Waals surface area contributed by atoms with Crippen LogP contribution in [0.25, 0.3) is 0 Å². The van der Waals surface area contributed by atoms with Gasteiger partial charge < -0.3 is 19.5 Å². The van der Waals surface area contributed by atoms with Gasteiger partial charge in [-0.1, -0.05) is 12.1 Å². The van der Waals surface area contributed by atoms with Gasteiger partial charge in [-0.2, -0.15) is 0 Å². The number of nitrogens with zero attached hydrogens (tertiary/aromatic N) is 1. The molecule has 0 aliphatic rings. The first kappa shape index (κ1) is 19.9. The smallest absolute Gasteiger partial charge is 0.320 e. The lowest BCUT2D eigenvalue weighted by molar-refractivity contribution is -0.384. The summed E-state index contributed by atoms with van der Waals surface area (Å²) in [6.07, 6.45) is 1.37. The fraction of sp³-hybridized carbons (Fsp3) is 0.375. The summed E-state index contributed by atoms with van der Waals surface area (Å²) in [7, 11) is 3.68. The van der Waals surface area contributed by atoms with Crippen LogP contribution in [0, 0.1) is 16.0 Å². The lowest BCUT2D eigenvalue weighted by Gasteiger charge is -2.21. The summed E-state index contributed by atoms with van der Waals surface area (Å²) in [5, 5.41) is 14.1. The van der Waals surface area contributed by atoms with E-state index in [2.05, 4.69) is 21.4 Å². The molecule has 0 spiro atoms. The Kier molecular flexibility index (Phi) is 7.39. The number of methoxy groups -OCH3 is 3.